The topological polar surface area (TPSA) is 125 Å². The van der Waals surface area contributed by atoms with Gasteiger partial charge < -0.3 is 16.0 Å². The number of nitrogens with one attached hydrogen (secondary N) is 2. The van der Waals surface area contributed by atoms with Gasteiger partial charge in [-0.2, -0.15) is 5.26 Å². The summed E-state index contributed by atoms with van der Waals surface area (Å²) in [6.45, 7) is 0.314. The summed E-state index contributed by atoms with van der Waals surface area (Å²) in [6.07, 6.45) is 0. The second-order valence-electron chi connectivity index (χ2n) is 5.14. The minimum absolute atomic E-state index is 0.0114. The summed E-state index contributed by atoms with van der Waals surface area (Å²) >= 11 is 0. The van der Waals surface area contributed by atoms with Gasteiger partial charge >= 0.3 is 0 Å². The van der Waals surface area contributed by atoms with Gasteiger partial charge in [-0.3, -0.25) is 9.59 Å². The summed E-state index contributed by atoms with van der Waals surface area (Å²) in [6, 6.07) is 14.0. The number of aromatic amines is 1. The fourth-order valence-electron chi connectivity index (χ4n) is 2.31. The van der Waals surface area contributed by atoms with Crippen LogP contribution in [0.4, 0.5) is 0 Å². The minimum Gasteiger partial charge on any atom is -0.363 e. The maximum atomic E-state index is 12.4. The van der Waals surface area contributed by atoms with Gasteiger partial charge in [0, 0.05) is 6.54 Å². The van der Waals surface area contributed by atoms with Gasteiger partial charge in [-0.05, 0) is 29.8 Å². The number of benzene rings is 2. The lowest BCUT2D eigenvalue weighted by molar-refractivity contribution is 0.0950. The molecular weight excluding hydrogens is 306 g/mol. The van der Waals surface area contributed by atoms with Crippen LogP contribution in [0.2, 0.25) is 0 Å². The summed E-state index contributed by atoms with van der Waals surface area (Å²) in [5, 5.41) is 11.6. The van der Waals surface area contributed by atoms with Crippen molar-refractivity contribution in [2.24, 2.45) is 5.73 Å². The van der Waals surface area contributed by atoms with E-state index in [1.807, 2.05) is 6.07 Å². The number of amides is 2. The Balaban J connectivity index is 1.80. The smallest absolute Gasteiger partial charge is 0.284 e. The second-order valence-corrected chi connectivity index (χ2v) is 5.14. The molecule has 0 aliphatic rings. The number of H-pyrrole nitrogens is 1. The van der Waals surface area contributed by atoms with Crippen molar-refractivity contribution in [3.05, 3.63) is 65.0 Å². The molecule has 0 saturated carbocycles. The lowest BCUT2D eigenvalue weighted by Gasteiger charge is -2.06. The molecule has 1 heterocycles. The number of rotatable bonds is 4. The monoisotopic (exact) mass is 319 g/mol. The zero-order valence-corrected chi connectivity index (χ0v) is 12.5. The van der Waals surface area contributed by atoms with E-state index >= 15 is 0 Å². The summed E-state index contributed by atoms with van der Waals surface area (Å²) in [4.78, 5) is 30.5. The summed E-state index contributed by atoms with van der Waals surface area (Å²) in [7, 11) is 0. The lowest BCUT2D eigenvalue weighted by atomic mass is 10.1. The number of carbonyl (C=O) groups excluding carboxylic acids is 2. The van der Waals surface area contributed by atoms with Crippen molar-refractivity contribution >= 4 is 22.8 Å². The number of fused-ring (bicyclic) bond motifs is 1. The highest BCUT2D eigenvalue weighted by atomic mass is 16.2. The van der Waals surface area contributed by atoms with Crippen molar-refractivity contribution in [1.82, 2.24) is 15.3 Å². The third-order valence-corrected chi connectivity index (χ3v) is 3.53. The van der Waals surface area contributed by atoms with Crippen LogP contribution >= 0.6 is 0 Å². The third-order valence-electron chi connectivity index (χ3n) is 3.53. The van der Waals surface area contributed by atoms with E-state index in [0.717, 1.165) is 5.56 Å². The van der Waals surface area contributed by atoms with E-state index in [1.165, 1.54) is 0 Å². The number of imidazole rings is 1. The van der Waals surface area contributed by atoms with Crippen LogP contribution in [0.5, 0.6) is 0 Å². The van der Waals surface area contributed by atoms with Gasteiger partial charge in [-0.25, -0.2) is 4.98 Å². The first-order valence-electron chi connectivity index (χ1n) is 7.14. The van der Waals surface area contributed by atoms with E-state index in [9.17, 15) is 9.59 Å². The van der Waals surface area contributed by atoms with E-state index in [0.29, 0.717) is 28.7 Å². The SMILES string of the molecule is N#Cc1ccc(CNC(=O)c2cccc3[nH]c(C(N)=O)nc23)cc1. The number of nitrogens with two attached hydrogens (primary N) is 1. The molecule has 0 aliphatic carbocycles. The van der Waals surface area contributed by atoms with Gasteiger partial charge in [0.1, 0.15) is 5.52 Å². The van der Waals surface area contributed by atoms with Crippen LogP contribution in [0.25, 0.3) is 11.0 Å². The molecule has 0 radical (unpaired) electrons. The Kier molecular flexibility index (Phi) is 3.95. The number of hydrogen-bond donors (Lipinski definition) is 3. The average Bonchev–Trinajstić information content (AvgIpc) is 3.04. The quantitative estimate of drug-likeness (QED) is 0.673. The fraction of sp³-hybridized carbons (Fsp3) is 0.0588. The maximum Gasteiger partial charge on any atom is 0.284 e. The Bertz CT molecular complexity index is 967. The lowest BCUT2D eigenvalue weighted by Crippen LogP contribution is -2.23. The van der Waals surface area contributed by atoms with Crippen LogP contribution in [0.1, 0.15) is 32.1 Å². The number of aromatic nitrogens is 2. The molecule has 0 fully saturated rings. The molecule has 3 rings (SSSR count). The van der Waals surface area contributed by atoms with Crippen molar-refractivity contribution in [3.8, 4) is 6.07 Å². The molecule has 118 valence electrons. The first kappa shape index (κ1) is 15.2. The van der Waals surface area contributed by atoms with Crippen LogP contribution in [0, 0.1) is 11.3 Å². The average molecular weight is 319 g/mol. The standard InChI is InChI=1S/C17H13N5O2/c18-8-10-4-6-11(7-5-10)9-20-17(24)12-2-1-3-13-14(12)22-16(21-13)15(19)23/h1-7H,9H2,(H2,19,23)(H,20,24)(H,21,22). The Morgan fingerprint density at radius 1 is 1.21 bits per heavy atom. The largest absolute Gasteiger partial charge is 0.363 e. The van der Waals surface area contributed by atoms with E-state index in [2.05, 4.69) is 15.3 Å². The van der Waals surface area contributed by atoms with Crippen molar-refractivity contribution in [1.29, 1.82) is 5.26 Å². The Labute approximate surface area is 137 Å². The van der Waals surface area contributed by atoms with E-state index < -0.39 is 5.91 Å². The molecule has 0 saturated heterocycles. The molecule has 24 heavy (non-hydrogen) atoms. The highest BCUT2D eigenvalue weighted by Gasteiger charge is 2.15. The molecule has 0 spiro atoms. The van der Waals surface area contributed by atoms with Gasteiger partial charge in [0.05, 0.1) is 22.7 Å². The van der Waals surface area contributed by atoms with Gasteiger partial charge in [0.25, 0.3) is 11.8 Å². The van der Waals surface area contributed by atoms with Crippen LogP contribution in [-0.4, -0.2) is 21.8 Å². The molecule has 3 aromatic rings. The predicted molar refractivity (Wildman–Crippen MR) is 86.9 cm³/mol. The van der Waals surface area contributed by atoms with Gasteiger partial charge in [0.2, 0.25) is 0 Å². The van der Waals surface area contributed by atoms with Crippen LogP contribution in [0.3, 0.4) is 0 Å². The van der Waals surface area contributed by atoms with Gasteiger partial charge in [-0.1, -0.05) is 18.2 Å². The van der Waals surface area contributed by atoms with Crippen molar-refractivity contribution in [3.63, 3.8) is 0 Å². The number of carbonyl (C=O) groups is 2. The van der Waals surface area contributed by atoms with Crippen LogP contribution < -0.4 is 11.1 Å². The third kappa shape index (κ3) is 2.94. The van der Waals surface area contributed by atoms with Crippen molar-refractivity contribution in [2.75, 3.05) is 0 Å². The summed E-state index contributed by atoms with van der Waals surface area (Å²) in [5.41, 5.74) is 7.94. The number of para-hydroxylation sites is 1. The highest BCUT2D eigenvalue weighted by molar-refractivity contribution is 6.06. The van der Waals surface area contributed by atoms with Crippen molar-refractivity contribution < 1.29 is 9.59 Å². The fourth-order valence-corrected chi connectivity index (χ4v) is 2.31. The first-order chi connectivity index (χ1) is 11.6. The highest BCUT2D eigenvalue weighted by Crippen LogP contribution is 2.16. The van der Waals surface area contributed by atoms with Crippen molar-refractivity contribution in [2.45, 2.75) is 6.54 Å². The van der Waals surface area contributed by atoms with Gasteiger partial charge in [-0.15, -0.1) is 0 Å². The Morgan fingerprint density at radius 3 is 2.62 bits per heavy atom. The number of hydrogen-bond acceptors (Lipinski definition) is 4. The summed E-state index contributed by atoms with van der Waals surface area (Å²) in [5.74, 6) is -0.986. The zero-order chi connectivity index (χ0) is 17.1. The molecule has 0 aliphatic heterocycles. The van der Waals surface area contributed by atoms with E-state index in [1.54, 1.807) is 42.5 Å². The zero-order valence-electron chi connectivity index (χ0n) is 12.5. The minimum atomic E-state index is -0.685. The normalized spacial score (nSPS) is 10.3. The number of primary amides is 1. The molecule has 0 atom stereocenters. The first-order valence-corrected chi connectivity index (χ1v) is 7.14. The molecule has 2 amide bonds. The molecule has 0 unspecified atom stereocenters. The molecule has 7 nitrogen and oxygen atoms in total. The molecule has 1 aromatic heterocycles. The van der Waals surface area contributed by atoms with Crippen LogP contribution in [0.15, 0.2) is 42.5 Å². The maximum absolute atomic E-state index is 12.4. The Hall–Kier alpha value is -3.66. The molecule has 0 bridgehead atoms. The molecular formula is C17H13N5O2. The Morgan fingerprint density at radius 2 is 1.96 bits per heavy atom. The second kappa shape index (κ2) is 6.22. The predicted octanol–water partition coefficient (Wildman–Crippen LogP) is 1.46. The molecule has 7 heteroatoms. The summed E-state index contributed by atoms with van der Waals surface area (Å²) < 4.78 is 0. The number of nitriles is 1. The molecule has 2 aromatic carbocycles. The van der Waals surface area contributed by atoms with Gasteiger partial charge in [0.15, 0.2) is 5.82 Å². The molecule has 4 N–H and O–H groups in total. The van der Waals surface area contributed by atoms with E-state index in [-0.39, 0.29) is 11.7 Å². The van der Waals surface area contributed by atoms with Crippen LogP contribution in [-0.2, 0) is 6.54 Å². The van der Waals surface area contributed by atoms with E-state index in [4.69, 9.17) is 11.0 Å². The number of nitrogens with zero attached hydrogens (tertiary/aromatic N) is 2.